The molecule has 15 heavy (non-hydrogen) atoms. The molecule has 1 aromatic rings. The smallest absolute Gasteiger partial charge is 0.140 e. The van der Waals surface area contributed by atoms with Crippen LogP contribution in [0.25, 0.3) is 0 Å². The second kappa shape index (κ2) is 4.62. The summed E-state index contributed by atoms with van der Waals surface area (Å²) in [6.45, 7) is 4.21. The molecule has 1 aromatic heterocycles. The largest absolute Gasteiger partial charge is 0.495 e. The van der Waals surface area contributed by atoms with Crippen molar-refractivity contribution < 1.29 is 4.74 Å². The van der Waals surface area contributed by atoms with Crippen molar-refractivity contribution >= 4 is 0 Å². The molecule has 0 saturated carbocycles. The molecule has 3 heteroatoms. The Morgan fingerprint density at radius 3 is 2.73 bits per heavy atom. The van der Waals surface area contributed by atoms with E-state index in [1.54, 1.807) is 7.11 Å². The summed E-state index contributed by atoms with van der Waals surface area (Å²) in [5.74, 6) is 1.49. The van der Waals surface area contributed by atoms with Crippen LogP contribution in [0.15, 0.2) is 12.1 Å². The van der Waals surface area contributed by atoms with Crippen LogP contribution in [0, 0.1) is 6.92 Å². The summed E-state index contributed by atoms with van der Waals surface area (Å²) in [5.41, 5.74) is 2.21. The maximum absolute atomic E-state index is 5.37. The van der Waals surface area contributed by atoms with Gasteiger partial charge in [-0.05, 0) is 45.0 Å². The predicted molar refractivity (Wildman–Crippen MR) is 60.4 cm³/mol. The summed E-state index contributed by atoms with van der Waals surface area (Å²) in [6.07, 6.45) is 2.32. The molecule has 0 bridgehead atoms. The van der Waals surface area contributed by atoms with Crippen molar-refractivity contribution in [1.29, 1.82) is 0 Å². The van der Waals surface area contributed by atoms with Gasteiger partial charge in [0.15, 0.2) is 0 Å². The van der Waals surface area contributed by atoms with Gasteiger partial charge in [-0.15, -0.1) is 0 Å². The average molecular weight is 206 g/mol. The molecule has 0 aliphatic carbocycles. The van der Waals surface area contributed by atoms with Gasteiger partial charge in [0.1, 0.15) is 5.75 Å². The number of aromatic nitrogens is 1. The molecule has 0 spiro atoms. The standard InChI is InChI=1S/C12H18N2O/c1-9-3-4-11(15-2)12(14-9)10-5-7-13-8-6-10/h3-4,10,13H,5-8H2,1-2H3. The number of pyridine rings is 1. The molecule has 2 rings (SSSR count). The zero-order chi connectivity index (χ0) is 10.7. The lowest BCUT2D eigenvalue weighted by Crippen LogP contribution is -2.27. The quantitative estimate of drug-likeness (QED) is 0.802. The number of rotatable bonds is 2. The molecule has 82 valence electrons. The van der Waals surface area contributed by atoms with Crippen LogP contribution in [0.2, 0.25) is 0 Å². The van der Waals surface area contributed by atoms with Crippen molar-refractivity contribution in [3.63, 3.8) is 0 Å². The van der Waals surface area contributed by atoms with Crippen molar-refractivity contribution in [2.75, 3.05) is 20.2 Å². The molecular formula is C12H18N2O. The number of methoxy groups -OCH3 is 1. The molecule has 1 fully saturated rings. The van der Waals surface area contributed by atoms with Gasteiger partial charge in [-0.1, -0.05) is 0 Å². The first kappa shape index (κ1) is 10.4. The first-order valence-corrected chi connectivity index (χ1v) is 5.53. The fourth-order valence-electron chi connectivity index (χ4n) is 2.12. The zero-order valence-electron chi connectivity index (χ0n) is 9.42. The van der Waals surface area contributed by atoms with E-state index < -0.39 is 0 Å². The Labute approximate surface area is 90.9 Å². The highest BCUT2D eigenvalue weighted by molar-refractivity contribution is 5.32. The van der Waals surface area contributed by atoms with Crippen molar-refractivity contribution in [2.45, 2.75) is 25.7 Å². The maximum Gasteiger partial charge on any atom is 0.140 e. The fraction of sp³-hybridized carbons (Fsp3) is 0.583. The van der Waals surface area contributed by atoms with Gasteiger partial charge in [0.25, 0.3) is 0 Å². The lowest BCUT2D eigenvalue weighted by Gasteiger charge is -2.23. The van der Waals surface area contributed by atoms with Crippen LogP contribution >= 0.6 is 0 Å². The van der Waals surface area contributed by atoms with Gasteiger partial charge in [0.2, 0.25) is 0 Å². The van der Waals surface area contributed by atoms with Crippen LogP contribution in [0.3, 0.4) is 0 Å². The molecule has 1 saturated heterocycles. The van der Waals surface area contributed by atoms with Crippen LogP contribution in [-0.4, -0.2) is 25.2 Å². The number of ether oxygens (including phenoxy) is 1. The normalized spacial score (nSPS) is 17.7. The van der Waals surface area contributed by atoms with E-state index >= 15 is 0 Å². The predicted octanol–water partition coefficient (Wildman–Crippen LogP) is 1.87. The van der Waals surface area contributed by atoms with Crippen molar-refractivity contribution in [3.05, 3.63) is 23.5 Å². The third-order valence-corrected chi connectivity index (χ3v) is 2.97. The van der Waals surface area contributed by atoms with Gasteiger partial charge >= 0.3 is 0 Å². The molecule has 0 unspecified atom stereocenters. The van der Waals surface area contributed by atoms with Crippen molar-refractivity contribution in [1.82, 2.24) is 10.3 Å². The summed E-state index contributed by atoms with van der Waals surface area (Å²) in [6, 6.07) is 4.03. The highest BCUT2D eigenvalue weighted by Gasteiger charge is 2.20. The lowest BCUT2D eigenvalue weighted by molar-refractivity contribution is 0.385. The fourth-order valence-corrected chi connectivity index (χ4v) is 2.12. The number of piperidine rings is 1. The second-order valence-corrected chi connectivity index (χ2v) is 4.06. The number of nitrogens with one attached hydrogen (secondary N) is 1. The highest BCUT2D eigenvalue weighted by Crippen LogP contribution is 2.30. The van der Waals surface area contributed by atoms with Gasteiger partial charge < -0.3 is 10.1 Å². The zero-order valence-corrected chi connectivity index (χ0v) is 9.42. The molecule has 2 heterocycles. The Balaban J connectivity index is 2.27. The molecule has 0 atom stereocenters. The molecule has 1 aliphatic rings. The van der Waals surface area contributed by atoms with E-state index in [-0.39, 0.29) is 0 Å². The Bertz CT molecular complexity index is 332. The third-order valence-electron chi connectivity index (χ3n) is 2.97. The summed E-state index contributed by atoms with van der Waals surface area (Å²) in [4.78, 5) is 4.61. The van der Waals surface area contributed by atoms with Gasteiger partial charge in [-0.3, -0.25) is 4.98 Å². The molecule has 1 N–H and O–H groups in total. The van der Waals surface area contributed by atoms with Crippen molar-refractivity contribution in [3.8, 4) is 5.75 Å². The molecular weight excluding hydrogens is 188 g/mol. The molecule has 0 aromatic carbocycles. The Morgan fingerprint density at radius 2 is 2.07 bits per heavy atom. The maximum atomic E-state index is 5.37. The molecule has 1 aliphatic heterocycles. The first-order valence-electron chi connectivity index (χ1n) is 5.53. The van der Waals surface area contributed by atoms with E-state index in [0.29, 0.717) is 5.92 Å². The lowest BCUT2D eigenvalue weighted by atomic mass is 9.93. The Morgan fingerprint density at radius 1 is 1.33 bits per heavy atom. The van der Waals surface area contributed by atoms with Crippen molar-refractivity contribution in [2.24, 2.45) is 0 Å². The molecule has 3 nitrogen and oxygen atoms in total. The van der Waals surface area contributed by atoms with E-state index in [4.69, 9.17) is 4.74 Å². The molecule has 0 amide bonds. The van der Waals surface area contributed by atoms with Gasteiger partial charge in [-0.25, -0.2) is 0 Å². The minimum atomic E-state index is 0.557. The van der Waals surface area contributed by atoms with Crippen LogP contribution in [0.4, 0.5) is 0 Å². The van der Waals surface area contributed by atoms with E-state index in [0.717, 1.165) is 43.1 Å². The number of hydrogen-bond acceptors (Lipinski definition) is 3. The Hall–Kier alpha value is -1.09. The van der Waals surface area contributed by atoms with Crippen LogP contribution < -0.4 is 10.1 Å². The summed E-state index contributed by atoms with van der Waals surface area (Å²) >= 11 is 0. The van der Waals surface area contributed by atoms with E-state index in [1.165, 1.54) is 0 Å². The highest BCUT2D eigenvalue weighted by atomic mass is 16.5. The van der Waals surface area contributed by atoms with Gasteiger partial charge in [-0.2, -0.15) is 0 Å². The summed E-state index contributed by atoms with van der Waals surface area (Å²) in [5, 5.41) is 3.37. The topological polar surface area (TPSA) is 34.1 Å². The minimum Gasteiger partial charge on any atom is -0.495 e. The third kappa shape index (κ3) is 2.29. The van der Waals surface area contributed by atoms with Crippen LogP contribution in [0.1, 0.15) is 30.1 Å². The second-order valence-electron chi connectivity index (χ2n) is 4.06. The number of nitrogens with zero attached hydrogens (tertiary/aromatic N) is 1. The van der Waals surface area contributed by atoms with E-state index in [9.17, 15) is 0 Å². The summed E-state index contributed by atoms with van der Waals surface area (Å²) < 4.78 is 5.37. The average Bonchev–Trinajstić information content (AvgIpc) is 2.30. The number of hydrogen-bond donors (Lipinski definition) is 1. The Kier molecular flexibility index (Phi) is 3.21. The minimum absolute atomic E-state index is 0.557. The van der Waals surface area contributed by atoms with E-state index in [2.05, 4.69) is 10.3 Å². The monoisotopic (exact) mass is 206 g/mol. The van der Waals surface area contributed by atoms with Crippen LogP contribution in [-0.2, 0) is 0 Å². The van der Waals surface area contributed by atoms with Gasteiger partial charge in [0.05, 0.1) is 12.8 Å². The first-order chi connectivity index (χ1) is 7.31. The van der Waals surface area contributed by atoms with Crippen LogP contribution in [0.5, 0.6) is 5.75 Å². The number of aryl methyl sites for hydroxylation is 1. The SMILES string of the molecule is COc1ccc(C)nc1C1CCNCC1. The van der Waals surface area contributed by atoms with Gasteiger partial charge in [0, 0.05) is 11.6 Å². The summed E-state index contributed by atoms with van der Waals surface area (Å²) in [7, 11) is 1.72. The molecule has 0 radical (unpaired) electrons. The van der Waals surface area contributed by atoms with E-state index in [1.807, 2.05) is 19.1 Å².